The van der Waals surface area contributed by atoms with Crippen LogP contribution in [0.2, 0.25) is 0 Å². The molecule has 0 saturated heterocycles. The Morgan fingerprint density at radius 2 is 1.55 bits per heavy atom. The molecule has 1 aliphatic rings. The van der Waals surface area contributed by atoms with E-state index in [1.54, 1.807) is 23.8 Å². The molecular weight excluding hydrogens is 572 g/mol. The van der Waals surface area contributed by atoms with E-state index in [0.29, 0.717) is 13.1 Å². The van der Waals surface area contributed by atoms with Crippen LogP contribution < -0.4 is 9.64 Å². The van der Waals surface area contributed by atoms with E-state index in [1.807, 2.05) is 67.5 Å². The van der Waals surface area contributed by atoms with E-state index >= 15 is 0 Å². The smallest absolute Gasteiger partial charge is 0.336 e. The first-order chi connectivity index (χ1) is 19.7. The van der Waals surface area contributed by atoms with E-state index in [1.165, 1.54) is 6.92 Å². The highest BCUT2D eigenvalue weighted by Crippen LogP contribution is 2.46. The maximum Gasteiger partial charge on any atom is 0.336 e. The number of methoxy groups -OCH3 is 1. The first-order valence-corrected chi connectivity index (χ1v) is 13.5. The lowest BCUT2D eigenvalue weighted by Gasteiger charge is -2.28. The van der Waals surface area contributed by atoms with Gasteiger partial charge in [-0.25, -0.2) is 4.79 Å². The summed E-state index contributed by atoms with van der Waals surface area (Å²) in [5.74, 6) is -4.97. The van der Waals surface area contributed by atoms with Crippen molar-refractivity contribution >= 4 is 47.2 Å². The first-order valence-electron chi connectivity index (χ1n) is 12.6. The van der Waals surface area contributed by atoms with E-state index in [-0.39, 0.29) is 11.2 Å². The van der Waals surface area contributed by atoms with Crippen LogP contribution in [0.25, 0.3) is 0 Å². The summed E-state index contributed by atoms with van der Waals surface area (Å²) in [5, 5.41) is 33.5. The molecule has 2 atom stereocenters. The lowest BCUT2D eigenvalue weighted by Crippen LogP contribution is -2.45. The fraction of sp³-hybridized carbons (Fsp3) is 0.393. The molecule has 0 radical (unpaired) electrons. The summed E-state index contributed by atoms with van der Waals surface area (Å²) in [5.41, 5.74) is -0.991. The van der Waals surface area contributed by atoms with Crippen LogP contribution in [-0.4, -0.2) is 101 Å². The zero-order valence-electron chi connectivity index (χ0n) is 23.6. The Bertz CT molecular complexity index is 1270. The number of hydrogen-bond donors (Lipinski definition) is 4. The Morgan fingerprint density at radius 1 is 0.976 bits per heavy atom. The molecule has 0 unspecified atom stereocenters. The third-order valence-electron chi connectivity index (χ3n) is 5.99. The number of anilines is 1. The Kier molecular flexibility index (Phi) is 12.3. The topological polar surface area (TPSA) is 191 Å². The lowest BCUT2D eigenvalue weighted by atomic mass is 9.96. The van der Waals surface area contributed by atoms with Gasteiger partial charge in [-0.3, -0.25) is 19.2 Å². The zero-order valence-corrected chi connectivity index (χ0v) is 24.4. The number of carboxylic acids is 3. The number of esters is 1. The number of likely N-dealkylation sites (N-methyl/N-ethyl adjacent to an activating group) is 1. The molecule has 14 heteroatoms. The first kappa shape index (κ1) is 34.1. The quantitative estimate of drug-likeness (QED) is 0.272. The fourth-order valence-electron chi connectivity index (χ4n) is 3.95. The molecule has 228 valence electrons. The average molecular weight is 607 g/mol. The summed E-state index contributed by atoms with van der Waals surface area (Å²) in [6, 6.07) is 15.4. The fourth-order valence-corrected chi connectivity index (χ4v) is 5.27. The minimum atomic E-state index is -2.74. The molecule has 4 N–H and O–H groups in total. The van der Waals surface area contributed by atoms with Gasteiger partial charge in [-0.2, -0.15) is 0 Å². The van der Waals surface area contributed by atoms with Crippen LogP contribution in [0.15, 0.2) is 53.4 Å². The summed E-state index contributed by atoms with van der Waals surface area (Å²) in [7, 11) is 5.54. The number of carbonyl (C=O) groups excluding carboxylic acids is 2. The Morgan fingerprint density at radius 3 is 2.02 bits per heavy atom. The number of carbonyl (C=O) groups is 5. The predicted molar refractivity (Wildman–Crippen MR) is 152 cm³/mol. The minimum absolute atomic E-state index is 0.208. The number of thioether (sulfide) groups is 1. The van der Waals surface area contributed by atoms with Gasteiger partial charge in [0.1, 0.15) is 5.75 Å². The summed E-state index contributed by atoms with van der Waals surface area (Å²) in [6.07, 6.45) is -3.20. The van der Waals surface area contributed by atoms with Crippen LogP contribution in [-0.2, 0) is 28.7 Å². The molecule has 2 aromatic rings. The van der Waals surface area contributed by atoms with Gasteiger partial charge >= 0.3 is 23.9 Å². The molecule has 0 fully saturated rings. The Hall–Kier alpha value is -4.14. The van der Waals surface area contributed by atoms with Crippen molar-refractivity contribution in [2.75, 3.05) is 39.2 Å². The number of aliphatic carboxylic acids is 3. The van der Waals surface area contributed by atoms with Gasteiger partial charge in [0.05, 0.1) is 30.9 Å². The minimum Gasteiger partial charge on any atom is -0.497 e. The standard InChI is InChI=1S/C22H26N2O4S.C6H8O7/c1-15(25)28-20-21(16-9-11-17(27-4)12-10-16)29-19-8-6-5-7-18(19)24(22(20)26)14-13-23(2)3;7-3(8)1-6(13,5(11)12)2-4(9)10/h5-12,20-21H,13-14H2,1-4H3;13H,1-2H2,(H,7,8)(H,9,10)(H,11,12)/t20-,21+;/m1./s1. The van der Waals surface area contributed by atoms with Gasteiger partial charge in [0.25, 0.3) is 5.91 Å². The van der Waals surface area contributed by atoms with Crippen LogP contribution >= 0.6 is 11.8 Å². The summed E-state index contributed by atoms with van der Waals surface area (Å²) in [4.78, 5) is 60.6. The lowest BCUT2D eigenvalue weighted by molar-refractivity contribution is -0.170. The second-order valence-electron chi connectivity index (χ2n) is 9.58. The average Bonchev–Trinajstić information content (AvgIpc) is 3.01. The van der Waals surface area contributed by atoms with Crippen LogP contribution in [0.3, 0.4) is 0 Å². The molecule has 13 nitrogen and oxygen atoms in total. The highest BCUT2D eigenvalue weighted by Gasteiger charge is 2.41. The Balaban J connectivity index is 0.000000401. The van der Waals surface area contributed by atoms with Crippen molar-refractivity contribution in [2.45, 2.75) is 41.6 Å². The SMILES string of the molecule is COc1ccc([C@@H]2Sc3ccccc3N(CCN(C)C)C(=O)[C@@H]2OC(C)=O)cc1.O=C(O)CC(O)(CC(=O)O)C(=O)O. The number of carboxylic acid groups (broad SMARTS) is 3. The van der Waals surface area contributed by atoms with Crippen molar-refractivity contribution in [3.8, 4) is 5.75 Å². The van der Waals surface area contributed by atoms with Crippen molar-refractivity contribution in [1.29, 1.82) is 0 Å². The number of rotatable bonds is 11. The van der Waals surface area contributed by atoms with E-state index < -0.39 is 48.4 Å². The molecule has 0 aromatic heterocycles. The maximum atomic E-state index is 13.6. The van der Waals surface area contributed by atoms with Crippen LogP contribution in [0, 0.1) is 0 Å². The zero-order chi connectivity index (χ0) is 31.6. The highest BCUT2D eigenvalue weighted by atomic mass is 32.2. The molecule has 42 heavy (non-hydrogen) atoms. The van der Waals surface area contributed by atoms with Crippen molar-refractivity contribution in [1.82, 2.24) is 4.90 Å². The molecule has 3 rings (SSSR count). The van der Waals surface area contributed by atoms with E-state index in [4.69, 9.17) is 29.9 Å². The maximum absolute atomic E-state index is 13.6. The molecule has 0 bridgehead atoms. The number of benzene rings is 2. The number of fused-ring (bicyclic) bond motifs is 1. The third kappa shape index (κ3) is 9.46. The van der Waals surface area contributed by atoms with Crippen LogP contribution in [0.1, 0.15) is 30.6 Å². The molecule has 1 amide bonds. The summed E-state index contributed by atoms with van der Waals surface area (Å²) < 4.78 is 10.8. The van der Waals surface area contributed by atoms with Gasteiger partial charge in [0.2, 0.25) is 0 Å². The van der Waals surface area contributed by atoms with Gasteiger partial charge in [0.15, 0.2) is 11.7 Å². The van der Waals surface area contributed by atoms with Crippen molar-refractivity contribution in [3.05, 3.63) is 54.1 Å². The van der Waals surface area contributed by atoms with Crippen molar-refractivity contribution in [2.24, 2.45) is 0 Å². The van der Waals surface area contributed by atoms with Gasteiger partial charge in [-0.1, -0.05) is 24.3 Å². The second kappa shape index (κ2) is 15.2. The molecule has 0 spiro atoms. The Labute approximate surface area is 246 Å². The molecule has 1 aliphatic heterocycles. The monoisotopic (exact) mass is 606 g/mol. The number of nitrogens with zero attached hydrogens (tertiary/aromatic N) is 2. The number of amides is 1. The summed E-state index contributed by atoms with van der Waals surface area (Å²) in [6.45, 7) is 2.55. The van der Waals surface area contributed by atoms with E-state index in [2.05, 4.69) is 0 Å². The van der Waals surface area contributed by atoms with Crippen LogP contribution in [0.4, 0.5) is 5.69 Å². The predicted octanol–water partition coefficient (Wildman–Crippen LogP) is 2.12. The van der Waals surface area contributed by atoms with Gasteiger partial charge < -0.3 is 39.7 Å². The molecule has 1 heterocycles. The second-order valence-corrected chi connectivity index (χ2v) is 10.8. The number of para-hydroxylation sites is 1. The number of aliphatic hydroxyl groups is 1. The van der Waals surface area contributed by atoms with Gasteiger partial charge in [-0.05, 0) is 43.9 Å². The van der Waals surface area contributed by atoms with Crippen molar-refractivity contribution in [3.63, 3.8) is 0 Å². The molecular formula is C28H34N2O11S. The van der Waals surface area contributed by atoms with Gasteiger partial charge in [0, 0.05) is 24.9 Å². The number of ether oxygens (including phenoxy) is 2. The molecule has 0 aliphatic carbocycles. The highest BCUT2D eigenvalue weighted by molar-refractivity contribution is 7.99. The molecule has 2 aromatic carbocycles. The van der Waals surface area contributed by atoms with Gasteiger partial charge in [-0.15, -0.1) is 11.8 Å². The van der Waals surface area contributed by atoms with Crippen LogP contribution in [0.5, 0.6) is 5.75 Å². The van der Waals surface area contributed by atoms with Crippen molar-refractivity contribution < 1.29 is 53.9 Å². The van der Waals surface area contributed by atoms with E-state index in [9.17, 15) is 24.0 Å². The normalized spacial score (nSPS) is 16.4. The third-order valence-corrected chi connectivity index (χ3v) is 7.36. The largest absolute Gasteiger partial charge is 0.497 e. The van der Waals surface area contributed by atoms with E-state index in [0.717, 1.165) is 21.9 Å². The number of hydrogen-bond acceptors (Lipinski definition) is 10. The summed E-state index contributed by atoms with van der Waals surface area (Å²) >= 11 is 1.54. The molecule has 0 saturated carbocycles.